The molecule has 0 saturated carbocycles. The van der Waals surface area contributed by atoms with E-state index in [9.17, 15) is 8.42 Å². The number of halogens is 1. The van der Waals surface area contributed by atoms with Gasteiger partial charge in [-0.15, -0.1) is 0 Å². The van der Waals surface area contributed by atoms with Crippen molar-refractivity contribution in [3.05, 3.63) is 28.8 Å². The first kappa shape index (κ1) is 15.6. The predicted molar refractivity (Wildman–Crippen MR) is 76.2 cm³/mol. The van der Waals surface area contributed by atoms with Crippen LogP contribution in [0.3, 0.4) is 0 Å². The molecular weight excluding hydrogens is 290 g/mol. The third-order valence-corrected chi connectivity index (χ3v) is 4.14. The molecule has 0 aliphatic carbocycles. The van der Waals surface area contributed by atoms with Gasteiger partial charge in [0.25, 0.3) is 0 Å². The lowest BCUT2D eigenvalue weighted by molar-refractivity contribution is 0.318. The lowest BCUT2D eigenvalue weighted by Gasteiger charge is -2.11. The van der Waals surface area contributed by atoms with Crippen molar-refractivity contribution in [1.29, 1.82) is 0 Å². The molecule has 0 aromatic heterocycles. The average molecular weight is 306 g/mol. The van der Waals surface area contributed by atoms with Crippen molar-refractivity contribution in [2.45, 2.75) is 13.8 Å². The number of benzene rings is 1. The minimum absolute atomic E-state index is 0.00528. The minimum atomic E-state index is -3.44. The molecule has 0 atom stereocenters. The molecule has 0 spiro atoms. The van der Waals surface area contributed by atoms with E-state index in [1.165, 1.54) is 18.2 Å². The Balaban J connectivity index is 2.99. The molecule has 6 nitrogen and oxygen atoms in total. The van der Waals surface area contributed by atoms with Gasteiger partial charge in [0.05, 0.1) is 16.5 Å². The van der Waals surface area contributed by atoms with E-state index in [1.807, 2.05) is 13.8 Å². The maximum atomic E-state index is 11.8. The van der Waals surface area contributed by atoms with Crippen molar-refractivity contribution in [1.82, 2.24) is 0 Å². The monoisotopic (exact) mass is 305 g/mol. The maximum absolute atomic E-state index is 11.8. The second kappa shape index (κ2) is 6.12. The van der Waals surface area contributed by atoms with Crippen LogP contribution in [-0.4, -0.2) is 25.2 Å². The lowest BCUT2D eigenvalue weighted by atomic mass is 10.2. The van der Waals surface area contributed by atoms with Crippen LogP contribution >= 0.6 is 11.6 Å². The molecule has 4 N–H and O–H groups in total. The molecule has 0 bridgehead atoms. The van der Waals surface area contributed by atoms with Crippen LogP contribution in [0.1, 0.15) is 19.4 Å². The van der Waals surface area contributed by atoms with Gasteiger partial charge in [-0.05, 0) is 24.1 Å². The van der Waals surface area contributed by atoms with Crippen LogP contribution < -0.4 is 10.5 Å². The summed E-state index contributed by atoms with van der Waals surface area (Å²) >= 11 is 5.95. The molecule has 1 aromatic carbocycles. The van der Waals surface area contributed by atoms with Crippen LogP contribution in [-0.2, 0) is 10.0 Å². The highest BCUT2D eigenvalue weighted by molar-refractivity contribution is 7.92. The standard InChI is InChI=1S/C11H16ClN3O3S/c1-7(2)6-19(17,18)15-10-4-3-8(5-9(10)12)11(13)14-16/h3-5,7,15-16H,6H2,1-2H3,(H2,13,14). The van der Waals surface area contributed by atoms with Crippen molar-refractivity contribution in [2.75, 3.05) is 10.5 Å². The van der Waals surface area contributed by atoms with Gasteiger partial charge in [0.15, 0.2) is 5.84 Å². The fourth-order valence-corrected chi connectivity index (χ4v) is 3.22. The van der Waals surface area contributed by atoms with Crippen LogP contribution in [0, 0.1) is 5.92 Å². The highest BCUT2D eigenvalue weighted by atomic mass is 35.5. The minimum Gasteiger partial charge on any atom is -0.409 e. The Morgan fingerprint density at radius 2 is 2.16 bits per heavy atom. The van der Waals surface area contributed by atoms with E-state index < -0.39 is 10.0 Å². The molecule has 0 amide bonds. The van der Waals surface area contributed by atoms with E-state index in [2.05, 4.69) is 9.88 Å². The fourth-order valence-electron chi connectivity index (χ4n) is 1.46. The van der Waals surface area contributed by atoms with Crippen molar-refractivity contribution in [2.24, 2.45) is 16.8 Å². The lowest BCUT2D eigenvalue weighted by Crippen LogP contribution is -2.20. The number of rotatable bonds is 5. The van der Waals surface area contributed by atoms with Crippen LogP contribution in [0.4, 0.5) is 5.69 Å². The van der Waals surface area contributed by atoms with Crippen molar-refractivity contribution in [3.63, 3.8) is 0 Å². The summed E-state index contributed by atoms with van der Waals surface area (Å²) in [5, 5.41) is 11.6. The van der Waals surface area contributed by atoms with Gasteiger partial charge in [-0.25, -0.2) is 8.42 Å². The van der Waals surface area contributed by atoms with Crippen LogP contribution in [0.5, 0.6) is 0 Å². The normalized spacial score (nSPS) is 12.7. The molecular formula is C11H16ClN3O3S. The Bertz CT molecular complexity index is 585. The summed E-state index contributed by atoms with van der Waals surface area (Å²) in [6.45, 7) is 3.62. The molecule has 106 valence electrons. The first-order valence-corrected chi connectivity index (χ1v) is 7.56. The molecule has 0 heterocycles. The summed E-state index contributed by atoms with van der Waals surface area (Å²) in [6, 6.07) is 4.39. The number of hydrogen-bond acceptors (Lipinski definition) is 4. The number of hydrogen-bond donors (Lipinski definition) is 3. The van der Waals surface area contributed by atoms with Crippen molar-refractivity contribution in [3.8, 4) is 0 Å². The van der Waals surface area contributed by atoms with Crippen molar-refractivity contribution < 1.29 is 13.6 Å². The zero-order valence-corrected chi connectivity index (χ0v) is 12.2. The molecule has 0 unspecified atom stereocenters. The number of nitrogens with one attached hydrogen (secondary N) is 1. The van der Waals surface area contributed by atoms with Gasteiger partial charge in [-0.3, -0.25) is 4.72 Å². The Kier molecular flexibility index (Phi) is 5.02. The van der Waals surface area contributed by atoms with E-state index in [0.717, 1.165) is 0 Å². The van der Waals surface area contributed by atoms with Gasteiger partial charge in [-0.2, -0.15) is 0 Å². The largest absolute Gasteiger partial charge is 0.409 e. The molecule has 0 aliphatic rings. The van der Waals surface area contributed by atoms with E-state index in [-0.39, 0.29) is 28.2 Å². The zero-order chi connectivity index (χ0) is 14.6. The molecule has 19 heavy (non-hydrogen) atoms. The smallest absolute Gasteiger partial charge is 0.233 e. The van der Waals surface area contributed by atoms with Gasteiger partial charge in [0.1, 0.15) is 0 Å². The Hall–Kier alpha value is -1.47. The summed E-state index contributed by atoms with van der Waals surface area (Å²) in [5.41, 5.74) is 6.07. The molecule has 0 saturated heterocycles. The van der Waals surface area contributed by atoms with E-state index >= 15 is 0 Å². The third kappa shape index (κ3) is 4.60. The second-order valence-corrected chi connectivity index (χ2v) is 6.63. The Morgan fingerprint density at radius 1 is 1.53 bits per heavy atom. The number of oxime groups is 1. The number of amidine groups is 1. The first-order chi connectivity index (χ1) is 8.75. The highest BCUT2D eigenvalue weighted by Gasteiger charge is 2.15. The quantitative estimate of drug-likeness (QED) is 0.334. The van der Waals surface area contributed by atoms with Gasteiger partial charge in [-0.1, -0.05) is 30.6 Å². The molecule has 8 heteroatoms. The summed E-state index contributed by atoms with van der Waals surface area (Å²) in [6.07, 6.45) is 0. The summed E-state index contributed by atoms with van der Waals surface area (Å²) < 4.78 is 26.0. The molecule has 0 radical (unpaired) electrons. The van der Waals surface area contributed by atoms with Gasteiger partial charge in [0.2, 0.25) is 10.0 Å². The maximum Gasteiger partial charge on any atom is 0.233 e. The van der Waals surface area contributed by atoms with Crippen LogP contribution in [0.25, 0.3) is 0 Å². The summed E-state index contributed by atoms with van der Waals surface area (Å²) in [7, 11) is -3.44. The number of sulfonamides is 1. The summed E-state index contributed by atoms with van der Waals surface area (Å²) in [4.78, 5) is 0. The third-order valence-electron chi connectivity index (χ3n) is 2.19. The SMILES string of the molecule is CC(C)CS(=O)(=O)Nc1ccc(/C(N)=N/O)cc1Cl. The molecule has 0 fully saturated rings. The van der Waals surface area contributed by atoms with Gasteiger partial charge in [0, 0.05) is 5.56 Å². The topological polar surface area (TPSA) is 105 Å². The molecule has 0 aliphatic heterocycles. The van der Waals surface area contributed by atoms with Crippen molar-refractivity contribution >= 4 is 33.1 Å². The zero-order valence-electron chi connectivity index (χ0n) is 10.6. The van der Waals surface area contributed by atoms with Gasteiger partial charge >= 0.3 is 0 Å². The fraction of sp³-hybridized carbons (Fsp3) is 0.364. The molecule has 1 rings (SSSR count). The average Bonchev–Trinajstić information content (AvgIpc) is 2.28. The Labute approximate surface area is 117 Å². The molecule has 1 aromatic rings. The van der Waals surface area contributed by atoms with E-state index in [4.69, 9.17) is 22.5 Å². The highest BCUT2D eigenvalue weighted by Crippen LogP contribution is 2.24. The Morgan fingerprint density at radius 3 is 2.63 bits per heavy atom. The number of nitrogens with two attached hydrogens (primary N) is 1. The van der Waals surface area contributed by atoms with E-state index in [0.29, 0.717) is 5.56 Å². The predicted octanol–water partition coefficient (Wildman–Crippen LogP) is 1.83. The van der Waals surface area contributed by atoms with Crippen LogP contribution in [0.2, 0.25) is 5.02 Å². The number of nitrogens with zero attached hydrogens (tertiary/aromatic N) is 1. The summed E-state index contributed by atoms with van der Waals surface area (Å²) in [5.74, 6) is -0.0862. The second-order valence-electron chi connectivity index (χ2n) is 4.46. The van der Waals surface area contributed by atoms with Gasteiger partial charge < -0.3 is 10.9 Å². The first-order valence-electron chi connectivity index (χ1n) is 5.53. The number of anilines is 1. The van der Waals surface area contributed by atoms with E-state index in [1.54, 1.807) is 0 Å². The van der Waals surface area contributed by atoms with Crippen LogP contribution in [0.15, 0.2) is 23.4 Å².